The number of carbonyl (C=O) groups excluding carboxylic acids is 2. The molecule has 1 saturated heterocycles. The van der Waals surface area contributed by atoms with E-state index in [2.05, 4.69) is 15.4 Å². The quantitative estimate of drug-likeness (QED) is 0.322. The highest BCUT2D eigenvalue weighted by Gasteiger charge is 2.38. The predicted molar refractivity (Wildman–Crippen MR) is 122 cm³/mol. The summed E-state index contributed by atoms with van der Waals surface area (Å²) in [5.74, 6) is -1.13. The van der Waals surface area contributed by atoms with E-state index in [1.165, 1.54) is 17.2 Å². The molecule has 3 heterocycles. The first-order valence-corrected chi connectivity index (χ1v) is 10.3. The number of H-pyrrole nitrogens is 1. The van der Waals surface area contributed by atoms with E-state index in [1.54, 1.807) is 54.2 Å². The maximum atomic E-state index is 13.1. The molecule has 2 aromatic heterocycles. The van der Waals surface area contributed by atoms with Crippen LogP contribution in [0, 0.1) is 11.3 Å². The van der Waals surface area contributed by atoms with Gasteiger partial charge in [0, 0.05) is 35.8 Å². The molecule has 11 nitrogen and oxygen atoms in total. The molecule has 0 aliphatic carbocycles. The van der Waals surface area contributed by atoms with Gasteiger partial charge in [-0.05, 0) is 30.3 Å². The minimum absolute atomic E-state index is 0.0643. The number of carbonyl (C=O) groups is 2. The molecule has 4 rings (SSSR count). The summed E-state index contributed by atoms with van der Waals surface area (Å²) in [5, 5.41) is 14.6. The first-order chi connectivity index (χ1) is 15.8. The van der Waals surface area contributed by atoms with Crippen molar-refractivity contribution in [1.82, 2.24) is 14.8 Å². The summed E-state index contributed by atoms with van der Waals surface area (Å²) in [4.78, 5) is 41.2. The van der Waals surface area contributed by atoms with E-state index in [9.17, 15) is 14.4 Å². The minimum Gasteiger partial charge on any atom is -0.384 e. The van der Waals surface area contributed by atoms with Gasteiger partial charge in [-0.3, -0.25) is 24.7 Å². The van der Waals surface area contributed by atoms with E-state index in [0.717, 1.165) is 0 Å². The highest BCUT2D eigenvalue weighted by atomic mass is 16.5. The largest absolute Gasteiger partial charge is 0.384 e. The zero-order chi connectivity index (χ0) is 23.5. The van der Waals surface area contributed by atoms with Gasteiger partial charge in [0.25, 0.3) is 5.91 Å². The zero-order valence-electron chi connectivity index (χ0n) is 17.8. The Morgan fingerprint density at radius 2 is 2.00 bits per heavy atom. The molecule has 1 aromatic carbocycles. The molecular formula is C22H23N7O4. The van der Waals surface area contributed by atoms with Crippen LogP contribution in [0.5, 0.6) is 0 Å². The molecule has 11 heteroatoms. The number of nitrogens with two attached hydrogens (primary N) is 1. The SMILES string of the molecule is CC(C(=O)Nc1ccc(C(=N)N)cc1)C1OCCN(c2ccn(-c3ccc(=O)[nH]c3)n2)C1=O. The molecule has 2 unspecified atom stereocenters. The fourth-order valence-electron chi connectivity index (χ4n) is 3.47. The molecule has 1 aliphatic rings. The lowest BCUT2D eigenvalue weighted by molar-refractivity contribution is -0.143. The Bertz CT molecular complexity index is 1230. The van der Waals surface area contributed by atoms with Crippen LogP contribution >= 0.6 is 0 Å². The van der Waals surface area contributed by atoms with E-state index < -0.39 is 12.0 Å². The Labute approximate surface area is 188 Å². The second-order valence-electron chi connectivity index (χ2n) is 7.58. The maximum Gasteiger partial charge on any atom is 0.258 e. The fraction of sp³-hybridized carbons (Fsp3) is 0.227. The van der Waals surface area contributed by atoms with Crippen molar-refractivity contribution < 1.29 is 14.3 Å². The average molecular weight is 449 g/mol. The van der Waals surface area contributed by atoms with Crippen LogP contribution in [0.3, 0.4) is 0 Å². The summed E-state index contributed by atoms with van der Waals surface area (Å²) < 4.78 is 7.19. The molecule has 2 amide bonds. The molecule has 0 radical (unpaired) electrons. The lowest BCUT2D eigenvalue weighted by Gasteiger charge is -2.33. The molecule has 33 heavy (non-hydrogen) atoms. The number of nitrogens with one attached hydrogen (secondary N) is 3. The monoisotopic (exact) mass is 449 g/mol. The molecule has 170 valence electrons. The van der Waals surface area contributed by atoms with Crippen LogP contribution in [0.4, 0.5) is 11.5 Å². The molecule has 5 N–H and O–H groups in total. The summed E-state index contributed by atoms with van der Waals surface area (Å²) in [6.45, 7) is 2.19. The number of aromatic nitrogens is 3. The number of amidine groups is 1. The van der Waals surface area contributed by atoms with E-state index in [1.807, 2.05) is 0 Å². The number of anilines is 2. The minimum atomic E-state index is -0.964. The normalized spacial score (nSPS) is 16.9. The van der Waals surface area contributed by atoms with Crippen molar-refractivity contribution in [2.24, 2.45) is 11.7 Å². The van der Waals surface area contributed by atoms with Gasteiger partial charge in [0.15, 0.2) is 5.82 Å². The van der Waals surface area contributed by atoms with E-state index in [0.29, 0.717) is 29.3 Å². The lowest BCUT2D eigenvalue weighted by atomic mass is 10.0. The van der Waals surface area contributed by atoms with Gasteiger partial charge in [-0.1, -0.05) is 6.92 Å². The molecule has 2 atom stereocenters. The van der Waals surface area contributed by atoms with Gasteiger partial charge in [0.2, 0.25) is 11.5 Å². The number of ether oxygens (including phenoxy) is 1. The number of benzene rings is 1. The molecule has 0 spiro atoms. The first-order valence-electron chi connectivity index (χ1n) is 10.3. The number of hydrogen-bond acceptors (Lipinski definition) is 6. The number of aromatic amines is 1. The number of rotatable bonds is 6. The Kier molecular flexibility index (Phi) is 6.05. The van der Waals surface area contributed by atoms with Crippen LogP contribution in [-0.4, -0.2) is 51.7 Å². The average Bonchev–Trinajstić information content (AvgIpc) is 3.29. The van der Waals surface area contributed by atoms with Crippen LogP contribution in [0.15, 0.2) is 59.7 Å². The summed E-state index contributed by atoms with van der Waals surface area (Å²) in [5.41, 5.74) is 6.93. The van der Waals surface area contributed by atoms with Crippen LogP contribution in [0.1, 0.15) is 12.5 Å². The second-order valence-corrected chi connectivity index (χ2v) is 7.58. The predicted octanol–water partition coefficient (Wildman–Crippen LogP) is 0.851. The third-order valence-electron chi connectivity index (χ3n) is 5.34. The molecule has 1 fully saturated rings. The van der Waals surface area contributed by atoms with Gasteiger partial charge < -0.3 is 20.8 Å². The van der Waals surface area contributed by atoms with Crippen molar-refractivity contribution in [2.75, 3.05) is 23.4 Å². The number of pyridine rings is 1. The van der Waals surface area contributed by atoms with Gasteiger partial charge in [-0.15, -0.1) is 5.10 Å². The molecule has 0 saturated carbocycles. The second kappa shape index (κ2) is 9.09. The smallest absolute Gasteiger partial charge is 0.258 e. The Balaban J connectivity index is 1.45. The highest BCUT2D eigenvalue weighted by Crippen LogP contribution is 2.23. The molecule has 3 aromatic rings. The van der Waals surface area contributed by atoms with Crippen molar-refractivity contribution >= 4 is 29.2 Å². The first kappa shape index (κ1) is 22.0. The van der Waals surface area contributed by atoms with Crippen molar-refractivity contribution in [1.29, 1.82) is 5.41 Å². The Hall–Kier alpha value is -4.25. The molecule has 1 aliphatic heterocycles. The van der Waals surface area contributed by atoms with Crippen LogP contribution in [0.25, 0.3) is 5.69 Å². The maximum absolute atomic E-state index is 13.1. The van der Waals surface area contributed by atoms with E-state index >= 15 is 0 Å². The van der Waals surface area contributed by atoms with Crippen molar-refractivity contribution in [3.63, 3.8) is 0 Å². The lowest BCUT2D eigenvalue weighted by Crippen LogP contribution is -2.52. The van der Waals surface area contributed by atoms with E-state index in [-0.39, 0.29) is 29.8 Å². The van der Waals surface area contributed by atoms with Gasteiger partial charge in [0.05, 0.1) is 24.8 Å². The van der Waals surface area contributed by atoms with Crippen molar-refractivity contribution in [2.45, 2.75) is 13.0 Å². The summed E-state index contributed by atoms with van der Waals surface area (Å²) in [6, 6.07) is 11.2. The fourth-order valence-corrected chi connectivity index (χ4v) is 3.47. The molecule has 0 bridgehead atoms. The van der Waals surface area contributed by atoms with Gasteiger partial charge in [0.1, 0.15) is 11.9 Å². The summed E-state index contributed by atoms with van der Waals surface area (Å²) in [6.07, 6.45) is 2.24. The third kappa shape index (κ3) is 4.67. The van der Waals surface area contributed by atoms with Gasteiger partial charge >= 0.3 is 0 Å². The summed E-state index contributed by atoms with van der Waals surface area (Å²) >= 11 is 0. The Morgan fingerprint density at radius 3 is 2.67 bits per heavy atom. The van der Waals surface area contributed by atoms with E-state index in [4.69, 9.17) is 15.9 Å². The van der Waals surface area contributed by atoms with Crippen LogP contribution < -0.4 is 21.5 Å². The van der Waals surface area contributed by atoms with Gasteiger partial charge in [-0.2, -0.15) is 0 Å². The zero-order valence-corrected chi connectivity index (χ0v) is 17.8. The third-order valence-corrected chi connectivity index (χ3v) is 5.34. The number of nitrogens with zero attached hydrogens (tertiary/aromatic N) is 3. The summed E-state index contributed by atoms with van der Waals surface area (Å²) in [7, 11) is 0. The number of hydrogen-bond donors (Lipinski definition) is 4. The number of morpholine rings is 1. The van der Waals surface area contributed by atoms with Crippen LogP contribution in [0.2, 0.25) is 0 Å². The van der Waals surface area contributed by atoms with Crippen molar-refractivity contribution in [3.8, 4) is 5.69 Å². The van der Waals surface area contributed by atoms with Crippen LogP contribution in [-0.2, 0) is 14.3 Å². The number of nitrogen functional groups attached to an aromatic ring is 1. The van der Waals surface area contributed by atoms with Gasteiger partial charge in [-0.25, -0.2) is 4.68 Å². The van der Waals surface area contributed by atoms with Crippen molar-refractivity contribution in [3.05, 3.63) is 70.8 Å². The number of amides is 2. The Morgan fingerprint density at radius 1 is 1.24 bits per heavy atom. The topological polar surface area (TPSA) is 159 Å². The molecular weight excluding hydrogens is 426 g/mol. The standard InChI is InChI=1S/C22H23N7O4/c1-13(21(31)26-15-4-2-14(3-5-15)20(23)24)19-22(32)28(10-11-33-19)17-8-9-29(27-17)16-6-7-18(30)25-12-16/h2-9,12-13,19H,10-11H2,1H3,(H3,23,24)(H,25,30)(H,26,31). The highest BCUT2D eigenvalue weighted by molar-refractivity contribution is 6.02.